The van der Waals surface area contributed by atoms with Gasteiger partial charge in [-0.2, -0.15) is 0 Å². The largest absolute Gasteiger partial charge is 0.316 e. The molecule has 0 radical (unpaired) electrons. The molecular formula is C14H31N3O2S. The van der Waals surface area contributed by atoms with Crippen molar-refractivity contribution in [3.63, 3.8) is 0 Å². The maximum Gasteiger partial charge on any atom is 0.212 e. The third-order valence-corrected chi connectivity index (χ3v) is 5.14. The molecule has 0 saturated carbocycles. The third kappa shape index (κ3) is 7.57. The van der Waals surface area contributed by atoms with Crippen molar-refractivity contribution in [3.8, 4) is 0 Å². The molecule has 1 fully saturated rings. The van der Waals surface area contributed by atoms with Crippen LogP contribution in [0.3, 0.4) is 0 Å². The van der Waals surface area contributed by atoms with Gasteiger partial charge in [0.25, 0.3) is 0 Å². The van der Waals surface area contributed by atoms with Crippen LogP contribution in [0.4, 0.5) is 0 Å². The topological polar surface area (TPSA) is 61.4 Å². The van der Waals surface area contributed by atoms with Crippen LogP contribution >= 0.6 is 0 Å². The summed E-state index contributed by atoms with van der Waals surface area (Å²) in [4.78, 5) is 2.04. The minimum absolute atomic E-state index is 0.00606. The van der Waals surface area contributed by atoms with Crippen LogP contribution in [0.25, 0.3) is 0 Å². The van der Waals surface area contributed by atoms with Gasteiger partial charge in [-0.25, -0.2) is 13.1 Å². The molecule has 2 N–H and O–H groups in total. The molecule has 6 heteroatoms. The number of rotatable bonds is 8. The van der Waals surface area contributed by atoms with Crippen molar-refractivity contribution in [1.82, 2.24) is 14.9 Å². The Morgan fingerprint density at radius 1 is 1.35 bits per heavy atom. The van der Waals surface area contributed by atoms with E-state index in [1.165, 1.54) is 0 Å². The summed E-state index contributed by atoms with van der Waals surface area (Å²) >= 11 is 0. The van der Waals surface area contributed by atoms with Crippen molar-refractivity contribution in [2.24, 2.45) is 11.8 Å². The van der Waals surface area contributed by atoms with Gasteiger partial charge < -0.3 is 10.2 Å². The predicted molar refractivity (Wildman–Crippen MR) is 84.3 cm³/mol. The fourth-order valence-corrected chi connectivity index (χ4v) is 4.53. The number of nitrogens with one attached hydrogen (secondary N) is 2. The highest BCUT2D eigenvalue weighted by Gasteiger charge is 2.24. The van der Waals surface area contributed by atoms with Crippen molar-refractivity contribution in [3.05, 3.63) is 0 Å². The van der Waals surface area contributed by atoms with E-state index in [4.69, 9.17) is 0 Å². The fourth-order valence-electron chi connectivity index (χ4n) is 2.85. The highest BCUT2D eigenvalue weighted by Crippen LogP contribution is 2.13. The van der Waals surface area contributed by atoms with E-state index in [1.54, 1.807) is 0 Å². The Hall–Kier alpha value is -0.170. The molecule has 120 valence electrons. The number of likely N-dealkylation sites (N-methyl/N-ethyl adjacent to an activating group) is 1. The molecule has 20 heavy (non-hydrogen) atoms. The Labute approximate surface area is 124 Å². The molecule has 0 spiro atoms. The Morgan fingerprint density at radius 3 is 2.55 bits per heavy atom. The van der Waals surface area contributed by atoms with Crippen LogP contribution in [-0.4, -0.2) is 58.8 Å². The molecule has 1 saturated heterocycles. The van der Waals surface area contributed by atoms with Crippen molar-refractivity contribution in [2.45, 2.75) is 39.2 Å². The average Bonchev–Trinajstić information content (AvgIpc) is 2.26. The van der Waals surface area contributed by atoms with Gasteiger partial charge >= 0.3 is 0 Å². The molecule has 0 bridgehead atoms. The second kappa shape index (κ2) is 8.32. The van der Waals surface area contributed by atoms with Gasteiger partial charge in [-0.1, -0.05) is 13.8 Å². The van der Waals surface area contributed by atoms with Gasteiger partial charge in [-0.15, -0.1) is 0 Å². The van der Waals surface area contributed by atoms with E-state index in [0.29, 0.717) is 5.92 Å². The van der Waals surface area contributed by atoms with E-state index in [0.717, 1.165) is 38.9 Å². The minimum Gasteiger partial charge on any atom is -0.316 e. The van der Waals surface area contributed by atoms with Gasteiger partial charge in [-0.05, 0) is 58.3 Å². The smallest absolute Gasteiger partial charge is 0.212 e. The van der Waals surface area contributed by atoms with E-state index in [-0.39, 0.29) is 17.7 Å². The summed E-state index contributed by atoms with van der Waals surface area (Å²) in [6.07, 6.45) is 2.96. The van der Waals surface area contributed by atoms with Crippen molar-refractivity contribution >= 4 is 10.0 Å². The number of nitrogens with zero attached hydrogens (tertiary/aromatic N) is 1. The summed E-state index contributed by atoms with van der Waals surface area (Å²) in [5, 5.41) is 3.27. The highest BCUT2D eigenvalue weighted by molar-refractivity contribution is 7.89. The molecule has 2 atom stereocenters. The first-order chi connectivity index (χ1) is 9.28. The summed E-state index contributed by atoms with van der Waals surface area (Å²) in [7, 11) is 0.769. The van der Waals surface area contributed by atoms with E-state index in [2.05, 4.69) is 23.9 Å². The zero-order valence-corrected chi connectivity index (χ0v) is 14.2. The van der Waals surface area contributed by atoms with Gasteiger partial charge in [0.05, 0.1) is 5.75 Å². The summed E-state index contributed by atoms with van der Waals surface area (Å²) in [5.74, 6) is 0.987. The Kier molecular flexibility index (Phi) is 7.43. The summed E-state index contributed by atoms with van der Waals surface area (Å²) in [6.45, 7) is 6.84. The number of hydrogen-bond donors (Lipinski definition) is 2. The first-order valence-electron chi connectivity index (χ1n) is 7.64. The second-order valence-corrected chi connectivity index (χ2v) is 8.50. The number of sulfonamides is 1. The van der Waals surface area contributed by atoms with Crippen LogP contribution in [0.15, 0.2) is 0 Å². The zero-order valence-electron chi connectivity index (χ0n) is 13.4. The maximum atomic E-state index is 12.3. The lowest BCUT2D eigenvalue weighted by Crippen LogP contribution is -2.45. The maximum absolute atomic E-state index is 12.3. The molecular weight excluding hydrogens is 274 g/mol. The second-order valence-electron chi connectivity index (χ2n) is 6.70. The summed E-state index contributed by atoms with van der Waals surface area (Å²) < 4.78 is 27.5. The van der Waals surface area contributed by atoms with Gasteiger partial charge in [0.15, 0.2) is 0 Å². The summed E-state index contributed by atoms with van der Waals surface area (Å²) in [6, 6.07) is 0.00606. The quantitative estimate of drug-likeness (QED) is 0.699. The van der Waals surface area contributed by atoms with Crippen LogP contribution in [0, 0.1) is 11.8 Å². The third-order valence-electron chi connectivity index (χ3n) is 3.54. The number of hydrogen-bond acceptors (Lipinski definition) is 4. The highest BCUT2D eigenvalue weighted by atomic mass is 32.2. The van der Waals surface area contributed by atoms with Crippen LogP contribution in [0.2, 0.25) is 0 Å². The van der Waals surface area contributed by atoms with Crippen LogP contribution in [-0.2, 0) is 10.0 Å². The normalized spacial score (nSPS) is 22.4. The molecule has 1 heterocycles. The average molecular weight is 305 g/mol. The molecule has 1 aliphatic rings. The molecule has 5 nitrogen and oxygen atoms in total. The summed E-state index contributed by atoms with van der Waals surface area (Å²) in [5.41, 5.74) is 0. The van der Waals surface area contributed by atoms with E-state index in [1.807, 2.05) is 19.0 Å². The molecule has 0 aromatic carbocycles. The first kappa shape index (κ1) is 17.9. The monoisotopic (exact) mass is 305 g/mol. The van der Waals surface area contributed by atoms with Gasteiger partial charge in [0.1, 0.15) is 0 Å². The zero-order chi connectivity index (χ0) is 15.2. The Balaban J connectivity index is 2.54. The molecule has 0 aliphatic carbocycles. The van der Waals surface area contributed by atoms with E-state index < -0.39 is 10.0 Å². The van der Waals surface area contributed by atoms with Gasteiger partial charge in [0, 0.05) is 12.6 Å². The number of piperidine rings is 1. The van der Waals surface area contributed by atoms with E-state index in [9.17, 15) is 8.42 Å². The van der Waals surface area contributed by atoms with Crippen LogP contribution in [0.5, 0.6) is 0 Å². The van der Waals surface area contributed by atoms with Crippen molar-refractivity contribution in [1.29, 1.82) is 0 Å². The van der Waals surface area contributed by atoms with Crippen molar-refractivity contribution in [2.75, 3.05) is 39.5 Å². The standard InChI is InChI=1S/C14H31N3O2S/c1-12(2)8-14(10-17(3)4)16-20(18,19)11-13-6-5-7-15-9-13/h12-16H,5-11H2,1-4H3. The van der Waals surface area contributed by atoms with Crippen LogP contribution in [0.1, 0.15) is 33.1 Å². The van der Waals surface area contributed by atoms with Gasteiger partial charge in [0.2, 0.25) is 10.0 Å². The molecule has 1 rings (SSSR count). The lowest BCUT2D eigenvalue weighted by atomic mass is 10.0. The van der Waals surface area contributed by atoms with Crippen LogP contribution < -0.4 is 10.0 Å². The first-order valence-corrected chi connectivity index (χ1v) is 9.29. The SMILES string of the molecule is CC(C)CC(CN(C)C)NS(=O)(=O)CC1CCCNC1. The lowest BCUT2D eigenvalue weighted by molar-refractivity contribution is 0.328. The molecule has 0 aromatic heterocycles. The van der Waals surface area contributed by atoms with Crippen molar-refractivity contribution < 1.29 is 8.42 Å². The van der Waals surface area contributed by atoms with Gasteiger partial charge in [-0.3, -0.25) is 0 Å². The molecule has 0 amide bonds. The Morgan fingerprint density at radius 2 is 2.05 bits per heavy atom. The predicted octanol–water partition coefficient (Wildman–Crippen LogP) is 0.882. The fraction of sp³-hybridized carbons (Fsp3) is 1.00. The minimum atomic E-state index is -3.19. The Bertz CT molecular complexity index is 353. The molecule has 2 unspecified atom stereocenters. The lowest BCUT2D eigenvalue weighted by Gasteiger charge is -2.26. The molecule has 1 aliphatic heterocycles. The van der Waals surface area contributed by atoms with E-state index >= 15 is 0 Å². The molecule has 0 aromatic rings.